The molecule has 2 aromatic rings. The number of halogens is 1. The number of methoxy groups -OCH3 is 1. The Balaban J connectivity index is 0.00000312. The number of hydrogen-bond donors (Lipinski definition) is 2. The summed E-state index contributed by atoms with van der Waals surface area (Å²) in [7, 11) is 3.44. The van der Waals surface area contributed by atoms with Crippen LogP contribution in [-0.4, -0.2) is 33.3 Å². The predicted octanol–water partition coefficient (Wildman–Crippen LogP) is 3.56. The number of rotatable bonds is 8. The van der Waals surface area contributed by atoms with Gasteiger partial charge in [0.2, 0.25) is 0 Å². The molecule has 2 N–H and O–H groups in total. The maximum atomic E-state index is 5.70. The number of hydrogen-bond acceptors (Lipinski definition) is 4. The van der Waals surface area contributed by atoms with Crippen LogP contribution in [0.25, 0.3) is 0 Å². The molecular weight excluding hydrogens is 449 g/mol. The number of benzene rings is 1. The summed E-state index contributed by atoms with van der Waals surface area (Å²) in [5.41, 5.74) is 1.05. The number of ether oxygens (including phenoxy) is 2. The van der Waals surface area contributed by atoms with Gasteiger partial charge in [0, 0.05) is 28.9 Å². The monoisotopic (exact) mass is 475 g/mol. The van der Waals surface area contributed by atoms with E-state index in [9.17, 15) is 0 Å². The number of para-hydroxylation sites is 1. The van der Waals surface area contributed by atoms with Crippen molar-refractivity contribution in [2.75, 3.05) is 27.3 Å². The number of guanidine groups is 1. The lowest BCUT2D eigenvalue weighted by molar-refractivity contribution is 0.123. The van der Waals surface area contributed by atoms with E-state index in [4.69, 9.17) is 9.47 Å². The van der Waals surface area contributed by atoms with Crippen LogP contribution in [0, 0.1) is 6.92 Å². The Morgan fingerprint density at radius 2 is 1.96 bits per heavy atom. The molecule has 138 valence electrons. The van der Waals surface area contributed by atoms with E-state index in [-0.39, 0.29) is 24.0 Å². The van der Waals surface area contributed by atoms with Crippen molar-refractivity contribution in [3.8, 4) is 5.75 Å². The van der Waals surface area contributed by atoms with Gasteiger partial charge < -0.3 is 20.1 Å². The van der Waals surface area contributed by atoms with Crippen LogP contribution in [-0.2, 0) is 17.9 Å². The molecule has 0 unspecified atom stereocenters. The van der Waals surface area contributed by atoms with Crippen LogP contribution in [0.3, 0.4) is 0 Å². The Labute approximate surface area is 170 Å². The standard InChI is InChI=1S/C18H25N3O2S.HI/c1-14-8-9-16(24-14)12-21-18(19-2)20-10-11-23-13-15-6-4-5-7-17(15)22-3;/h4-9H,10-13H2,1-3H3,(H2,19,20,21);1H. The van der Waals surface area contributed by atoms with Crippen LogP contribution in [0.2, 0.25) is 0 Å². The highest BCUT2D eigenvalue weighted by molar-refractivity contribution is 14.0. The Hall–Kier alpha value is -1.32. The lowest BCUT2D eigenvalue weighted by Crippen LogP contribution is -2.38. The molecule has 0 atom stereocenters. The second-order valence-corrected chi connectivity index (χ2v) is 6.60. The lowest BCUT2D eigenvalue weighted by Gasteiger charge is -2.12. The van der Waals surface area contributed by atoms with E-state index < -0.39 is 0 Å². The van der Waals surface area contributed by atoms with Gasteiger partial charge >= 0.3 is 0 Å². The van der Waals surface area contributed by atoms with Gasteiger partial charge in [-0.05, 0) is 25.1 Å². The smallest absolute Gasteiger partial charge is 0.191 e. The molecule has 2 rings (SSSR count). The van der Waals surface area contributed by atoms with Crippen LogP contribution < -0.4 is 15.4 Å². The van der Waals surface area contributed by atoms with Gasteiger partial charge in [0.1, 0.15) is 5.75 Å². The molecule has 0 spiro atoms. The molecule has 0 aliphatic carbocycles. The highest BCUT2D eigenvalue weighted by atomic mass is 127. The Morgan fingerprint density at radius 1 is 1.16 bits per heavy atom. The lowest BCUT2D eigenvalue weighted by atomic mass is 10.2. The Bertz CT molecular complexity index is 661. The van der Waals surface area contributed by atoms with Crippen LogP contribution >= 0.6 is 35.3 Å². The first kappa shape index (κ1) is 21.7. The minimum absolute atomic E-state index is 0. The topological polar surface area (TPSA) is 54.9 Å². The van der Waals surface area contributed by atoms with E-state index in [1.54, 1.807) is 25.5 Å². The van der Waals surface area contributed by atoms with Crippen molar-refractivity contribution in [1.29, 1.82) is 0 Å². The summed E-state index contributed by atoms with van der Waals surface area (Å²) in [5, 5.41) is 6.55. The zero-order chi connectivity index (χ0) is 17.2. The maximum absolute atomic E-state index is 5.70. The molecule has 0 bridgehead atoms. The van der Waals surface area contributed by atoms with Crippen LogP contribution in [0.4, 0.5) is 0 Å². The average Bonchev–Trinajstić information content (AvgIpc) is 3.03. The van der Waals surface area contributed by atoms with Gasteiger partial charge in [-0.25, -0.2) is 0 Å². The molecule has 1 aromatic carbocycles. The summed E-state index contributed by atoms with van der Waals surface area (Å²) in [4.78, 5) is 6.83. The molecule has 1 aromatic heterocycles. The maximum Gasteiger partial charge on any atom is 0.191 e. The SMILES string of the molecule is CN=C(NCCOCc1ccccc1OC)NCc1ccc(C)s1.I. The molecule has 7 heteroatoms. The first-order valence-electron chi connectivity index (χ1n) is 7.92. The van der Waals surface area contributed by atoms with E-state index >= 15 is 0 Å². The van der Waals surface area contributed by atoms with Gasteiger partial charge in [-0.3, -0.25) is 4.99 Å². The van der Waals surface area contributed by atoms with Gasteiger partial charge in [-0.15, -0.1) is 35.3 Å². The summed E-state index contributed by atoms with van der Waals surface area (Å²) in [6.45, 7) is 4.71. The highest BCUT2D eigenvalue weighted by Crippen LogP contribution is 2.17. The third kappa shape index (κ3) is 7.62. The van der Waals surface area contributed by atoms with Crippen molar-refractivity contribution in [3.63, 3.8) is 0 Å². The molecule has 0 aliphatic rings. The van der Waals surface area contributed by atoms with Crippen LogP contribution in [0.15, 0.2) is 41.4 Å². The second kappa shape index (κ2) is 12.1. The number of aliphatic imine (C=N–C) groups is 1. The number of thiophene rings is 1. The Morgan fingerprint density at radius 3 is 2.64 bits per heavy atom. The highest BCUT2D eigenvalue weighted by Gasteiger charge is 2.02. The Kier molecular flexibility index (Phi) is 10.5. The van der Waals surface area contributed by atoms with E-state index in [0.29, 0.717) is 19.8 Å². The summed E-state index contributed by atoms with van der Waals surface area (Å²) in [6, 6.07) is 12.1. The van der Waals surface area contributed by atoms with Crippen molar-refractivity contribution in [1.82, 2.24) is 10.6 Å². The van der Waals surface area contributed by atoms with Crippen molar-refractivity contribution in [2.45, 2.75) is 20.1 Å². The fourth-order valence-electron chi connectivity index (χ4n) is 2.22. The first-order valence-corrected chi connectivity index (χ1v) is 8.74. The van der Waals surface area contributed by atoms with Gasteiger partial charge in [-0.2, -0.15) is 0 Å². The van der Waals surface area contributed by atoms with Crippen LogP contribution in [0.1, 0.15) is 15.3 Å². The third-order valence-corrected chi connectivity index (χ3v) is 4.44. The van der Waals surface area contributed by atoms with Gasteiger partial charge in [0.25, 0.3) is 0 Å². The number of aryl methyl sites for hydroxylation is 1. The molecule has 0 saturated heterocycles. The summed E-state index contributed by atoms with van der Waals surface area (Å²) >= 11 is 1.79. The van der Waals surface area contributed by atoms with E-state index in [1.165, 1.54) is 9.75 Å². The fourth-order valence-corrected chi connectivity index (χ4v) is 3.05. The summed E-state index contributed by atoms with van der Waals surface area (Å²) in [5.74, 6) is 1.64. The molecule has 0 amide bonds. The van der Waals surface area contributed by atoms with Crippen molar-refractivity contribution >= 4 is 41.3 Å². The number of nitrogens with zero attached hydrogens (tertiary/aromatic N) is 1. The van der Waals surface area contributed by atoms with Crippen LogP contribution in [0.5, 0.6) is 5.75 Å². The van der Waals surface area contributed by atoms with E-state index in [2.05, 4.69) is 34.7 Å². The predicted molar refractivity (Wildman–Crippen MR) is 115 cm³/mol. The van der Waals surface area contributed by atoms with E-state index in [0.717, 1.165) is 23.8 Å². The van der Waals surface area contributed by atoms with Gasteiger partial charge in [0.05, 0.1) is 26.9 Å². The molecule has 1 heterocycles. The largest absolute Gasteiger partial charge is 0.496 e. The van der Waals surface area contributed by atoms with Gasteiger partial charge in [0.15, 0.2) is 5.96 Å². The minimum Gasteiger partial charge on any atom is -0.496 e. The molecular formula is C18H26IN3O2S. The zero-order valence-electron chi connectivity index (χ0n) is 14.9. The summed E-state index contributed by atoms with van der Waals surface area (Å²) < 4.78 is 11.0. The third-order valence-electron chi connectivity index (χ3n) is 3.44. The molecule has 0 aliphatic heterocycles. The van der Waals surface area contributed by atoms with Crippen molar-refractivity contribution in [3.05, 3.63) is 51.7 Å². The molecule has 0 saturated carbocycles. The second-order valence-electron chi connectivity index (χ2n) is 5.23. The van der Waals surface area contributed by atoms with Crippen molar-refractivity contribution in [2.24, 2.45) is 4.99 Å². The van der Waals surface area contributed by atoms with Gasteiger partial charge in [-0.1, -0.05) is 18.2 Å². The normalized spacial score (nSPS) is 10.9. The zero-order valence-corrected chi connectivity index (χ0v) is 18.0. The average molecular weight is 475 g/mol. The molecule has 5 nitrogen and oxygen atoms in total. The number of nitrogens with one attached hydrogen (secondary N) is 2. The molecule has 0 radical (unpaired) electrons. The van der Waals surface area contributed by atoms with E-state index in [1.807, 2.05) is 24.3 Å². The van der Waals surface area contributed by atoms with Crippen molar-refractivity contribution < 1.29 is 9.47 Å². The summed E-state index contributed by atoms with van der Waals surface area (Å²) in [6.07, 6.45) is 0. The fraction of sp³-hybridized carbons (Fsp3) is 0.389. The quantitative estimate of drug-likeness (QED) is 0.265. The first-order chi connectivity index (χ1) is 11.7. The molecule has 25 heavy (non-hydrogen) atoms. The molecule has 0 fully saturated rings. The minimum atomic E-state index is 0.